The van der Waals surface area contributed by atoms with Crippen LogP contribution >= 0.6 is 0 Å². The number of fused-ring (bicyclic) bond motifs is 1. The second kappa shape index (κ2) is 8.55. The smallest absolute Gasteiger partial charge is 0.318 e. The number of rotatable bonds is 4. The Balaban J connectivity index is 1.46. The number of halogens is 2. The molecule has 0 radical (unpaired) electrons. The SMILES string of the molecule is COc1ccc2oc(C(C)NC(=O)N3CCOC(c4ccc(F)c(F)c4)C3)c(C)c2c1. The molecular weight excluding hydrogens is 406 g/mol. The molecule has 2 unspecified atom stereocenters. The molecule has 2 heterocycles. The van der Waals surface area contributed by atoms with Crippen LogP contribution in [0.25, 0.3) is 11.0 Å². The van der Waals surface area contributed by atoms with Gasteiger partial charge < -0.3 is 24.1 Å². The predicted molar refractivity (Wildman–Crippen MR) is 111 cm³/mol. The summed E-state index contributed by atoms with van der Waals surface area (Å²) in [6.07, 6.45) is -0.523. The molecule has 1 fully saturated rings. The van der Waals surface area contributed by atoms with Crippen LogP contribution in [0.1, 0.15) is 36.0 Å². The molecule has 2 aromatic carbocycles. The highest BCUT2D eigenvalue weighted by atomic mass is 19.2. The van der Waals surface area contributed by atoms with E-state index in [1.54, 1.807) is 12.0 Å². The molecule has 1 N–H and O–H groups in total. The Labute approximate surface area is 178 Å². The van der Waals surface area contributed by atoms with Crippen molar-refractivity contribution in [3.8, 4) is 5.75 Å². The number of hydrogen-bond donors (Lipinski definition) is 1. The second-order valence-electron chi connectivity index (χ2n) is 7.60. The lowest BCUT2D eigenvalue weighted by Gasteiger charge is -2.33. The molecule has 0 spiro atoms. The molecule has 31 heavy (non-hydrogen) atoms. The summed E-state index contributed by atoms with van der Waals surface area (Å²) in [5.41, 5.74) is 2.15. The zero-order valence-electron chi connectivity index (χ0n) is 17.6. The molecule has 1 aliphatic rings. The topological polar surface area (TPSA) is 63.9 Å². The van der Waals surface area contributed by atoms with E-state index in [2.05, 4.69) is 5.32 Å². The molecule has 1 aromatic heterocycles. The summed E-state index contributed by atoms with van der Waals surface area (Å²) in [6.45, 7) is 4.73. The van der Waals surface area contributed by atoms with Gasteiger partial charge in [0.2, 0.25) is 0 Å². The molecule has 0 aliphatic carbocycles. The predicted octanol–water partition coefficient (Wildman–Crippen LogP) is 4.87. The van der Waals surface area contributed by atoms with Crippen LogP contribution < -0.4 is 10.1 Å². The Kier molecular flexibility index (Phi) is 5.82. The number of carbonyl (C=O) groups is 1. The van der Waals surface area contributed by atoms with E-state index in [9.17, 15) is 13.6 Å². The number of amides is 2. The van der Waals surface area contributed by atoms with Gasteiger partial charge in [-0.3, -0.25) is 0 Å². The summed E-state index contributed by atoms with van der Waals surface area (Å²) in [5, 5.41) is 3.89. The highest BCUT2D eigenvalue weighted by molar-refractivity contribution is 5.84. The third kappa shape index (κ3) is 4.20. The van der Waals surface area contributed by atoms with Crippen LogP contribution in [0.3, 0.4) is 0 Å². The number of carbonyl (C=O) groups excluding carboxylic acids is 1. The molecule has 2 atom stereocenters. The Morgan fingerprint density at radius 3 is 2.77 bits per heavy atom. The van der Waals surface area contributed by atoms with Gasteiger partial charge in [-0.05, 0) is 49.7 Å². The number of urea groups is 1. The maximum Gasteiger partial charge on any atom is 0.318 e. The van der Waals surface area contributed by atoms with Crippen molar-refractivity contribution in [2.75, 3.05) is 26.8 Å². The summed E-state index contributed by atoms with van der Waals surface area (Å²) in [6, 6.07) is 8.57. The average Bonchev–Trinajstić information content (AvgIpc) is 3.11. The zero-order valence-corrected chi connectivity index (χ0v) is 17.6. The van der Waals surface area contributed by atoms with Crippen molar-refractivity contribution in [3.05, 3.63) is 64.9 Å². The number of nitrogens with one attached hydrogen (secondary N) is 1. The Bertz CT molecular complexity index is 1110. The zero-order chi connectivity index (χ0) is 22.1. The third-order valence-electron chi connectivity index (χ3n) is 5.58. The molecule has 164 valence electrons. The van der Waals surface area contributed by atoms with Crippen molar-refractivity contribution >= 4 is 17.0 Å². The molecule has 0 bridgehead atoms. The van der Waals surface area contributed by atoms with Gasteiger partial charge in [-0.25, -0.2) is 13.6 Å². The number of furan rings is 1. The molecule has 0 saturated carbocycles. The van der Waals surface area contributed by atoms with E-state index in [0.717, 1.165) is 34.4 Å². The number of ether oxygens (including phenoxy) is 2. The molecule has 2 amide bonds. The fourth-order valence-corrected chi connectivity index (χ4v) is 3.85. The average molecular weight is 430 g/mol. The van der Waals surface area contributed by atoms with E-state index in [4.69, 9.17) is 13.9 Å². The highest BCUT2D eigenvalue weighted by Gasteiger charge is 2.28. The highest BCUT2D eigenvalue weighted by Crippen LogP contribution is 2.32. The van der Waals surface area contributed by atoms with Crippen molar-refractivity contribution in [3.63, 3.8) is 0 Å². The van der Waals surface area contributed by atoms with E-state index in [1.165, 1.54) is 6.07 Å². The number of nitrogens with zero attached hydrogens (tertiary/aromatic N) is 1. The van der Waals surface area contributed by atoms with Crippen LogP contribution in [-0.2, 0) is 4.74 Å². The molecule has 1 aliphatic heterocycles. The number of aryl methyl sites for hydroxylation is 1. The second-order valence-corrected chi connectivity index (χ2v) is 7.60. The minimum Gasteiger partial charge on any atom is -0.497 e. The van der Waals surface area contributed by atoms with Gasteiger partial charge in [0, 0.05) is 17.5 Å². The maximum atomic E-state index is 13.6. The fourth-order valence-electron chi connectivity index (χ4n) is 3.85. The van der Waals surface area contributed by atoms with Gasteiger partial charge in [0.15, 0.2) is 11.6 Å². The van der Waals surface area contributed by atoms with Crippen LogP contribution in [0, 0.1) is 18.6 Å². The maximum absolute atomic E-state index is 13.6. The minimum absolute atomic E-state index is 0.236. The van der Waals surface area contributed by atoms with Crippen molar-refractivity contribution < 1.29 is 27.5 Å². The van der Waals surface area contributed by atoms with Crippen molar-refractivity contribution in [1.29, 1.82) is 0 Å². The summed E-state index contributed by atoms with van der Waals surface area (Å²) in [4.78, 5) is 14.5. The first-order valence-electron chi connectivity index (χ1n) is 10.1. The van der Waals surface area contributed by atoms with Crippen molar-refractivity contribution in [1.82, 2.24) is 10.2 Å². The Morgan fingerprint density at radius 1 is 1.23 bits per heavy atom. The fraction of sp³-hybridized carbons (Fsp3) is 0.348. The van der Waals surface area contributed by atoms with Crippen LogP contribution in [0.4, 0.5) is 13.6 Å². The number of morpholine rings is 1. The number of methoxy groups -OCH3 is 1. The third-order valence-corrected chi connectivity index (χ3v) is 5.58. The molecule has 3 aromatic rings. The summed E-state index contributed by atoms with van der Waals surface area (Å²) < 4.78 is 43.7. The van der Waals surface area contributed by atoms with E-state index in [-0.39, 0.29) is 18.6 Å². The van der Waals surface area contributed by atoms with Gasteiger partial charge in [-0.15, -0.1) is 0 Å². The van der Waals surface area contributed by atoms with E-state index in [0.29, 0.717) is 24.5 Å². The van der Waals surface area contributed by atoms with Crippen LogP contribution in [0.2, 0.25) is 0 Å². The van der Waals surface area contributed by atoms with Crippen LogP contribution in [-0.4, -0.2) is 37.7 Å². The van der Waals surface area contributed by atoms with Crippen molar-refractivity contribution in [2.24, 2.45) is 0 Å². The molecule has 8 heteroatoms. The minimum atomic E-state index is -0.937. The molecule has 1 saturated heterocycles. The van der Waals surface area contributed by atoms with Gasteiger partial charge in [0.25, 0.3) is 0 Å². The largest absolute Gasteiger partial charge is 0.497 e. The standard InChI is InChI=1S/C23H24F2N2O4/c1-13-17-11-16(29-3)5-7-20(17)31-22(13)14(2)26-23(28)27-8-9-30-21(12-27)15-4-6-18(24)19(25)10-15/h4-7,10-11,14,21H,8-9,12H2,1-3H3,(H,26,28). The van der Waals surface area contributed by atoms with E-state index in [1.807, 2.05) is 32.0 Å². The lowest BCUT2D eigenvalue weighted by atomic mass is 10.1. The number of benzene rings is 2. The molecule has 6 nitrogen and oxygen atoms in total. The van der Waals surface area contributed by atoms with E-state index >= 15 is 0 Å². The monoisotopic (exact) mass is 430 g/mol. The van der Waals surface area contributed by atoms with Crippen LogP contribution in [0.15, 0.2) is 40.8 Å². The lowest BCUT2D eigenvalue weighted by molar-refractivity contribution is -0.0159. The van der Waals surface area contributed by atoms with Gasteiger partial charge in [0.05, 0.1) is 26.3 Å². The summed E-state index contributed by atoms with van der Waals surface area (Å²) >= 11 is 0. The van der Waals surface area contributed by atoms with Crippen molar-refractivity contribution in [2.45, 2.75) is 26.0 Å². The Morgan fingerprint density at radius 2 is 2.03 bits per heavy atom. The van der Waals surface area contributed by atoms with E-state index < -0.39 is 17.7 Å². The van der Waals surface area contributed by atoms with Crippen LogP contribution in [0.5, 0.6) is 5.75 Å². The first-order chi connectivity index (χ1) is 14.9. The first-order valence-corrected chi connectivity index (χ1v) is 10.1. The van der Waals surface area contributed by atoms with Gasteiger partial charge >= 0.3 is 6.03 Å². The lowest BCUT2D eigenvalue weighted by Crippen LogP contribution is -2.47. The Hall–Kier alpha value is -3.13. The molecule has 4 rings (SSSR count). The van der Waals surface area contributed by atoms with Gasteiger partial charge in [0.1, 0.15) is 23.2 Å². The normalized spacial score (nSPS) is 17.6. The quantitative estimate of drug-likeness (QED) is 0.641. The van der Waals surface area contributed by atoms with Gasteiger partial charge in [-0.1, -0.05) is 6.07 Å². The summed E-state index contributed by atoms with van der Waals surface area (Å²) in [7, 11) is 1.61. The number of hydrogen-bond acceptors (Lipinski definition) is 4. The molecular formula is C23H24F2N2O4. The summed E-state index contributed by atoms with van der Waals surface area (Å²) in [5.74, 6) is -0.451. The first kappa shape index (κ1) is 21.1. The van der Waals surface area contributed by atoms with Gasteiger partial charge in [-0.2, -0.15) is 0 Å².